The van der Waals surface area contributed by atoms with Gasteiger partial charge in [-0.3, -0.25) is 9.78 Å². The van der Waals surface area contributed by atoms with Gasteiger partial charge in [0, 0.05) is 46.7 Å². The zero-order valence-electron chi connectivity index (χ0n) is 19.1. The third-order valence-electron chi connectivity index (χ3n) is 6.45. The maximum atomic E-state index is 14.3. The molecule has 0 radical (unpaired) electrons. The van der Waals surface area contributed by atoms with Crippen molar-refractivity contribution in [3.05, 3.63) is 65.2 Å². The number of nitrogens with one attached hydrogen (secondary N) is 3. The van der Waals surface area contributed by atoms with E-state index in [2.05, 4.69) is 20.6 Å². The number of amides is 1. The third kappa shape index (κ3) is 3.29. The van der Waals surface area contributed by atoms with E-state index in [0.717, 1.165) is 23.4 Å². The smallest absolute Gasteiger partial charge is 0.255 e. The summed E-state index contributed by atoms with van der Waals surface area (Å²) in [6.45, 7) is 5.61. The lowest BCUT2D eigenvalue weighted by Gasteiger charge is -2.16. The quantitative estimate of drug-likeness (QED) is 0.383. The van der Waals surface area contributed by atoms with E-state index in [4.69, 9.17) is 9.72 Å². The number of rotatable bonds is 5. The van der Waals surface area contributed by atoms with E-state index in [-0.39, 0.29) is 29.8 Å². The van der Waals surface area contributed by atoms with Crippen molar-refractivity contribution in [2.24, 2.45) is 0 Å². The van der Waals surface area contributed by atoms with Crippen LogP contribution in [0, 0.1) is 12.7 Å². The van der Waals surface area contributed by atoms with Gasteiger partial charge in [0.25, 0.3) is 5.91 Å². The summed E-state index contributed by atoms with van der Waals surface area (Å²) in [5.74, 6) is 0.303. The van der Waals surface area contributed by atoms with E-state index in [1.54, 1.807) is 31.3 Å². The zero-order chi connectivity index (χ0) is 23.6. The van der Waals surface area contributed by atoms with Crippen LogP contribution in [-0.2, 0) is 0 Å². The summed E-state index contributed by atoms with van der Waals surface area (Å²) in [7, 11) is 0. The number of pyridine rings is 2. The number of ether oxygens (including phenoxy) is 1. The van der Waals surface area contributed by atoms with Gasteiger partial charge in [0.1, 0.15) is 11.3 Å². The number of halogens is 1. The Morgan fingerprint density at radius 3 is 2.88 bits per heavy atom. The van der Waals surface area contributed by atoms with E-state index in [9.17, 15) is 9.18 Å². The van der Waals surface area contributed by atoms with Crippen LogP contribution in [0.3, 0.4) is 0 Å². The molecule has 7 nitrogen and oxygen atoms in total. The third-order valence-corrected chi connectivity index (χ3v) is 6.45. The number of hydrogen-bond donors (Lipinski definition) is 3. The summed E-state index contributed by atoms with van der Waals surface area (Å²) in [5, 5.41) is 6.43. The highest BCUT2D eigenvalue weighted by atomic mass is 19.1. The van der Waals surface area contributed by atoms with Gasteiger partial charge in [-0.25, -0.2) is 9.37 Å². The monoisotopic (exact) mass is 457 g/mol. The van der Waals surface area contributed by atoms with E-state index in [1.165, 1.54) is 6.07 Å². The van der Waals surface area contributed by atoms with E-state index < -0.39 is 0 Å². The molecule has 3 aromatic heterocycles. The molecule has 1 aliphatic heterocycles. The molecule has 2 unspecified atom stereocenters. The lowest BCUT2D eigenvalue weighted by molar-refractivity contribution is 0.0944. The van der Waals surface area contributed by atoms with Crippen molar-refractivity contribution < 1.29 is 13.9 Å². The molecule has 0 saturated heterocycles. The normalized spacial score (nSPS) is 18.4. The molecule has 1 aliphatic carbocycles. The molecule has 6 rings (SSSR count). The van der Waals surface area contributed by atoms with E-state index >= 15 is 0 Å². The van der Waals surface area contributed by atoms with Crippen molar-refractivity contribution >= 4 is 28.3 Å². The maximum absolute atomic E-state index is 14.3. The minimum Gasteiger partial charge on any atom is -0.475 e. The molecule has 34 heavy (non-hydrogen) atoms. The van der Waals surface area contributed by atoms with Gasteiger partial charge >= 0.3 is 0 Å². The molecule has 0 spiro atoms. The summed E-state index contributed by atoms with van der Waals surface area (Å²) in [4.78, 5) is 25.8. The summed E-state index contributed by atoms with van der Waals surface area (Å²) in [6.07, 6.45) is 2.60. The standard InChI is InChI=1S/C26H24FN5O2/c1-12(2)34-20-8-7-18-22(31-20)14(9-10-28-18)24-25(29-17-6-4-5-16(27)13(17)3)21-23(32-24)15-11-19(15)30-26(21)33/h4-10,12,15,19,29,32H,11H2,1-3H3,(H,30,33). The molecule has 8 heteroatoms. The SMILES string of the molecule is Cc1c(F)cccc1Nc1c(-c2ccnc3ccc(OC(C)C)nc23)[nH]c2c1C(=O)NC1CC21. The van der Waals surface area contributed by atoms with Crippen LogP contribution >= 0.6 is 0 Å². The summed E-state index contributed by atoms with van der Waals surface area (Å²) < 4.78 is 20.1. The topological polar surface area (TPSA) is 91.9 Å². The molecular formula is C26H24FN5O2. The number of aromatic nitrogens is 3. The van der Waals surface area contributed by atoms with Crippen LogP contribution in [0.4, 0.5) is 15.8 Å². The van der Waals surface area contributed by atoms with Gasteiger partial charge in [-0.1, -0.05) is 6.07 Å². The highest BCUT2D eigenvalue weighted by Gasteiger charge is 2.48. The largest absolute Gasteiger partial charge is 0.475 e. The molecule has 1 fully saturated rings. The van der Waals surface area contributed by atoms with Crippen LogP contribution in [0.2, 0.25) is 0 Å². The second kappa shape index (κ2) is 7.55. The van der Waals surface area contributed by atoms with Crippen molar-refractivity contribution in [2.75, 3.05) is 5.32 Å². The Kier molecular flexibility index (Phi) is 4.58. The molecular weight excluding hydrogens is 433 g/mol. The highest BCUT2D eigenvalue weighted by molar-refractivity contribution is 6.09. The van der Waals surface area contributed by atoms with Crippen LogP contribution in [0.15, 0.2) is 42.6 Å². The predicted octanol–water partition coefficient (Wildman–Crippen LogP) is 5.20. The number of anilines is 2. The highest BCUT2D eigenvalue weighted by Crippen LogP contribution is 2.50. The number of fused-ring (bicyclic) bond motifs is 4. The van der Waals surface area contributed by atoms with Crippen LogP contribution in [0.25, 0.3) is 22.3 Å². The molecule has 2 atom stereocenters. The first-order chi connectivity index (χ1) is 16.4. The van der Waals surface area contributed by atoms with Gasteiger partial charge in [-0.15, -0.1) is 0 Å². The van der Waals surface area contributed by atoms with Crippen molar-refractivity contribution in [1.29, 1.82) is 0 Å². The Bertz CT molecular complexity index is 1460. The van der Waals surface area contributed by atoms with Crippen molar-refractivity contribution in [1.82, 2.24) is 20.3 Å². The van der Waals surface area contributed by atoms with Crippen LogP contribution in [-0.4, -0.2) is 33.0 Å². The van der Waals surface area contributed by atoms with E-state index in [1.807, 2.05) is 26.0 Å². The molecule has 172 valence electrons. The number of benzene rings is 1. The first-order valence-corrected chi connectivity index (χ1v) is 11.4. The maximum Gasteiger partial charge on any atom is 0.255 e. The lowest BCUT2D eigenvalue weighted by atomic mass is 10.0. The molecule has 0 bridgehead atoms. The molecule has 4 aromatic rings. The fourth-order valence-corrected chi connectivity index (χ4v) is 4.67. The average Bonchev–Trinajstić information content (AvgIpc) is 3.48. The number of aromatic amines is 1. The van der Waals surface area contributed by atoms with Gasteiger partial charge in [0.2, 0.25) is 5.88 Å². The minimum atomic E-state index is -0.311. The van der Waals surface area contributed by atoms with Crippen LogP contribution < -0.4 is 15.4 Å². The van der Waals surface area contributed by atoms with Crippen molar-refractivity contribution in [3.8, 4) is 17.1 Å². The van der Waals surface area contributed by atoms with Crippen molar-refractivity contribution in [2.45, 2.75) is 45.3 Å². The Morgan fingerprint density at radius 1 is 1.21 bits per heavy atom. The summed E-state index contributed by atoms with van der Waals surface area (Å²) in [6, 6.07) is 10.6. The van der Waals surface area contributed by atoms with Gasteiger partial charge in [-0.2, -0.15) is 0 Å². The molecule has 1 aromatic carbocycles. The fourth-order valence-electron chi connectivity index (χ4n) is 4.67. The predicted molar refractivity (Wildman–Crippen MR) is 128 cm³/mol. The average molecular weight is 458 g/mol. The van der Waals surface area contributed by atoms with Crippen LogP contribution in [0.5, 0.6) is 5.88 Å². The number of hydrogen-bond acceptors (Lipinski definition) is 5. The van der Waals surface area contributed by atoms with Crippen molar-refractivity contribution in [3.63, 3.8) is 0 Å². The molecule has 4 heterocycles. The molecule has 1 saturated carbocycles. The minimum absolute atomic E-state index is 0.0217. The second-order valence-electron chi connectivity index (χ2n) is 9.17. The number of nitrogens with zero attached hydrogens (tertiary/aromatic N) is 2. The van der Waals surface area contributed by atoms with Crippen LogP contribution in [0.1, 0.15) is 47.8 Å². The fraction of sp³-hybridized carbons (Fsp3) is 0.269. The summed E-state index contributed by atoms with van der Waals surface area (Å²) >= 11 is 0. The Hall–Kier alpha value is -3.94. The van der Waals surface area contributed by atoms with E-state index in [0.29, 0.717) is 39.4 Å². The molecule has 3 N–H and O–H groups in total. The van der Waals surface area contributed by atoms with Gasteiger partial charge < -0.3 is 20.4 Å². The Labute approximate surface area is 195 Å². The van der Waals surface area contributed by atoms with Gasteiger partial charge in [0.15, 0.2) is 0 Å². The second-order valence-corrected chi connectivity index (χ2v) is 9.17. The molecule has 1 amide bonds. The lowest BCUT2D eigenvalue weighted by Crippen LogP contribution is -2.31. The Morgan fingerprint density at radius 2 is 2.06 bits per heavy atom. The zero-order valence-corrected chi connectivity index (χ0v) is 19.1. The van der Waals surface area contributed by atoms with Gasteiger partial charge in [0.05, 0.1) is 28.6 Å². The van der Waals surface area contributed by atoms with Gasteiger partial charge in [-0.05, 0) is 51.5 Å². The first-order valence-electron chi connectivity index (χ1n) is 11.4. The number of carbonyl (C=O) groups is 1. The Balaban J connectivity index is 1.57. The number of carbonyl (C=O) groups excluding carboxylic acids is 1. The molecule has 2 aliphatic rings. The first kappa shape index (κ1) is 20.7. The summed E-state index contributed by atoms with van der Waals surface area (Å²) in [5.41, 5.74) is 6.04. The number of H-pyrrole nitrogens is 1.